The van der Waals surface area contributed by atoms with Crippen LogP contribution in [-0.2, 0) is 9.47 Å². The van der Waals surface area contributed by atoms with Crippen molar-refractivity contribution in [1.29, 1.82) is 0 Å². The molecule has 0 saturated heterocycles. The van der Waals surface area contributed by atoms with Crippen LogP contribution >= 0.6 is 12.2 Å². The quantitative estimate of drug-likeness (QED) is 0.553. The van der Waals surface area contributed by atoms with Gasteiger partial charge in [0.25, 0.3) is 0 Å². The molecule has 0 amide bonds. The van der Waals surface area contributed by atoms with E-state index in [2.05, 4.69) is 4.98 Å². The number of nitrogens with zero attached hydrogens (tertiary/aromatic N) is 1. The van der Waals surface area contributed by atoms with Gasteiger partial charge in [0, 0.05) is 32.1 Å². The van der Waals surface area contributed by atoms with Crippen LogP contribution in [-0.4, -0.2) is 43.5 Å². The summed E-state index contributed by atoms with van der Waals surface area (Å²) in [5.41, 5.74) is 8.08. The van der Waals surface area contributed by atoms with Crippen molar-refractivity contribution in [2.24, 2.45) is 5.73 Å². The van der Waals surface area contributed by atoms with Gasteiger partial charge in [0.05, 0.1) is 17.9 Å². The summed E-state index contributed by atoms with van der Waals surface area (Å²) in [5, 5.41) is 0. The lowest BCUT2D eigenvalue weighted by atomic mass is 10.1. The summed E-state index contributed by atoms with van der Waals surface area (Å²) in [6.07, 6.45) is 0.877. The first-order valence-corrected chi connectivity index (χ1v) is 6.94. The molecule has 0 spiro atoms. The van der Waals surface area contributed by atoms with Crippen molar-refractivity contribution in [2.45, 2.75) is 20.3 Å². The molecule has 0 aromatic carbocycles. The number of thiocarbonyl (C=S) groups is 1. The van der Waals surface area contributed by atoms with Crippen LogP contribution in [0.1, 0.15) is 23.4 Å². The predicted octanol–water partition coefficient (Wildman–Crippen LogP) is 1.76. The number of hydrogen-bond donors (Lipinski definition) is 1. The van der Waals surface area contributed by atoms with Crippen LogP contribution in [0.15, 0.2) is 6.07 Å². The third kappa shape index (κ3) is 5.40. The number of nitrogens with two attached hydrogens (primary N) is 1. The fourth-order valence-corrected chi connectivity index (χ4v) is 2.07. The first kappa shape index (κ1) is 16.8. The molecule has 0 aliphatic rings. The van der Waals surface area contributed by atoms with Gasteiger partial charge >= 0.3 is 0 Å². The molecular weight excluding hydrogens is 276 g/mol. The lowest BCUT2D eigenvalue weighted by molar-refractivity contribution is 0.0805. The van der Waals surface area contributed by atoms with Crippen molar-refractivity contribution in [1.82, 2.24) is 4.98 Å². The molecule has 1 aromatic rings. The topological polar surface area (TPSA) is 66.6 Å². The molecule has 5 nitrogen and oxygen atoms in total. The van der Waals surface area contributed by atoms with Gasteiger partial charge in [0.2, 0.25) is 0 Å². The summed E-state index contributed by atoms with van der Waals surface area (Å²) in [6, 6.07) is 1.84. The fraction of sp³-hybridized carbons (Fsp3) is 0.571. The Balaban J connectivity index is 2.49. The number of rotatable bonds is 9. The maximum Gasteiger partial charge on any atom is 0.133 e. The lowest BCUT2D eigenvalue weighted by Crippen LogP contribution is -2.16. The minimum absolute atomic E-state index is 0.297. The highest BCUT2D eigenvalue weighted by atomic mass is 32.1. The van der Waals surface area contributed by atoms with E-state index in [1.165, 1.54) is 0 Å². The number of aromatic nitrogens is 1. The molecule has 1 rings (SSSR count). The van der Waals surface area contributed by atoms with E-state index in [1.54, 1.807) is 7.11 Å². The molecular formula is C14H22N2O3S. The molecule has 0 saturated carbocycles. The van der Waals surface area contributed by atoms with Crippen LogP contribution in [0, 0.1) is 13.8 Å². The van der Waals surface area contributed by atoms with Crippen LogP contribution in [0.2, 0.25) is 0 Å². The Bertz CT molecular complexity index is 452. The Kier molecular flexibility index (Phi) is 7.43. The Hall–Kier alpha value is -1.24. The van der Waals surface area contributed by atoms with Crippen LogP contribution < -0.4 is 10.5 Å². The van der Waals surface area contributed by atoms with E-state index >= 15 is 0 Å². The van der Waals surface area contributed by atoms with E-state index in [-0.39, 0.29) is 0 Å². The first-order chi connectivity index (χ1) is 9.56. The first-order valence-electron chi connectivity index (χ1n) is 6.53. The molecule has 20 heavy (non-hydrogen) atoms. The molecule has 0 radical (unpaired) electrons. The van der Waals surface area contributed by atoms with Gasteiger partial charge in [-0.05, 0) is 20.3 Å². The van der Waals surface area contributed by atoms with Crippen molar-refractivity contribution in [3.05, 3.63) is 23.0 Å². The van der Waals surface area contributed by atoms with E-state index in [0.29, 0.717) is 42.7 Å². The van der Waals surface area contributed by atoms with E-state index < -0.39 is 0 Å². The van der Waals surface area contributed by atoms with E-state index in [1.807, 2.05) is 19.9 Å². The minimum Gasteiger partial charge on any atom is -0.490 e. The molecule has 6 heteroatoms. The molecule has 2 N–H and O–H groups in total. The standard InChI is InChI=1S/C14H22N2O3S/c1-10-9-12(13(14(15)20)11(2)16-10)19-8-7-18-6-4-5-17-3/h9H,4-8H2,1-3H3,(H2,15,20). The maximum atomic E-state index is 5.72. The minimum atomic E-state index is 0.297. The summed E-state index contributed by atoms with van der Waals surface area (Å²) < 4.78 is 16.1. The monoisotopic (exact) mass is 298 g/mol. The van der Waals surface area contributed by atoms with Gasteiger partial charge in [-0.3, -0.25) is 4.98 Å². The molecule has 0 unspecified atom stereocenters. The van der Waals surface area contributed by atoms with Crippen molar-refractivity contribution >= 4 is 17.2 Å². The third-order valence-electron chi connectivity index (χ3n) is 2.66. The molecule has 0 fully saturated rings. The Morgan fingerprint density at radius 3 is 2.65 bits per heavy atom. The number of ether oxygens (including phenoxy) is 3. The number of methoxy groups -OCH3 is 1. The Morgan fingerprint density at radius 1 is 1.25 bits per heavy atom. The summed E-state index contributed by atoms with van der Waals surface area (Å²) in [4.78, 5) is 4.64. The third-order valence-corrected chi connectivity index (χ3v) is 2.87. The lowest BCUT2D eigenvalue weighted by Gasteiger charge is -2.13. The second kappa shape index (κ2) is 8.84. The van der Waals surface area contributed by atoms with Gasteiger partial charge < -0.3 is 19.9 Å². The SMILES string of the molecule is COCCCOCCOc1cc(C)nc(C)c1C(N)=S. The molecule has 1 heterocycles. The average molecular weight is 298 g/mol. The Morgan fingerprint density at radius 2 is 2.00 bits per heavy atom. The molecule has 0 atom stereocenters. The van der Waals surface area contributed by atoms with Crippen LogP contribution in [0.25, 0.3) is 0 Å². The largest absolute Gasteiger partial charge is 0.490 e. The predicted molar refractivity (Wildman–Crippen MR) is 82.4 cm³/mol. The van der Waals surface area contributed by atoms with Crippen molar-refractivity contribution in [3.8, 4) is 5.75 Å². The van der Waals surface area contributed by atoms with Gasteiger partial charge in [0.1, 0.15) is 17.3 Å². The van der Waals surface area contributed by atoms with Gasteiger partial charge in [-0.15, -0.1) is 0 Å². The normalized spacial score (nSPS) is 10.6. The number of pyridine rings is 1. The van der Waals surface area contributed by atoms with Crippen molar-refractivity contribution in [3.63, 3.8) is 0 Å². The van der Waals surface area contributed by atoms with Crippen molar-refractivity contribution in [2.75, 3.05) is 33.5 Å². The zero-order valence-electron chi connectivity index (χ0n) is 12.3. The number of aryl methyl sites for hydroxylation is 2. The van der Waals surface area contributed by atoms with E-state index in [4.69, 9.17) is 32.2 Å². The molecule has 112 valence electrons. The van der Waals surface area contributed by atoms with Crippen LogP contribution in [0.5, 0.6) is 5.75 Å². The second-order valence-electron chi connectivity index (χ2n) is 4.39. The van der Waals surface area contributed by atoms with E-state index in [9.17, 15) is 0 Å². The molecule has 0 bridgehead atoms. The average Bonchev–Trinajstić information content (AvgIpc) is 2.36. The summed E-state index contributed by atoms with van der Waals surface area (Å²) in [5.74, 6) is 0.669. The van der Waals surface area contributed by atoms with Gasteiger partial charge in [-0.1, -0.05) is 12.2 Å². The zero-order valence-corrected chi connectivity index (χ0v) is 13.1. The number of hydrogen-bond acceptors (Lipinski definition) is 5. The second-order valence-corrected chi connectivity index (χ2v) is 4.83. The fourth-order valence-electron chi connectivity index (χ4n) is 1.82. The highest BCUT2D eigenvalue weighted by Gasteiger charge is 2.12. The van der Waals surface area contributed by atoms with Gasteiger partial charge in [-0.25, -0.2) is 0 Å². The van der Waals surface area contributed by atoms with Crippen LogP contribution in [0.4, 0.5) is 0 Å². The smallest absolute Gasteiger partial charge is 0.133 e. The molecule has 1 aromatic heterocycles. The van der Waals surface area contributed by atoms with Crippen LogP contribution in [0.3, 0.4) is 0 Å². The highest BCUT2D eigenvalue weighted by Crippen LogP contribution is 2.22. The van der Waals surface area contributed by atoms with Crippen molar-refractivity contribution < 1.29 is 14.2 Å². The van der Waals surface area contributed by atoms with Gasteiger partial charge in [0.15, 0.2) is 0 Å². The summed E-state index contributed by atoms with van der Waals surface area (Å²) >= 11 is 5.04. The van der Waals surface area contributed by atoms with E-state index in [0.717, 1.165) is 17.8 Å². The zero-order chi connectivity index (χ0) is 15.0. The molecule has 0 aliphatic carbocycles. The molecule has 0 aliphatic heterocycles. The van der Waals surface area contributed by atoms with Gasteiger partial charge in [-0.2, -0.15) is 0 Å². The maximum absolute atomic E-state index is 5.72. The highest BCUT2D eigenvalue weighted by molar-refractivity contribution is 7.80. The summed E-state index contributed by atoms with van der Waals surface area (Å²) in [6.45, 7) is 6.11. The summed E-state index contributed by atoms with van der Waals surface area (Å²) in [7, 11) is 1.68. The Labute approximate surface area is 125 Å².